The maximum Gasteiger partial charge on any atom is 0.144 e. The number of rotatable bonds is 6. The Morgan fingerprint density at radius 3 is 2.36 bits per heavy atom. The van der Waals surface area contributed by atoms with Gasteiger partial charge in [0, 0.05) is 0 Å². The Balaban J connectivity index is 1.38. The highest BCUT2D eigenvalue weighted by Crippen LogP contribution is 2.59. The first-order chi connectivity index (χ1) is 17.4. The molecule has 3 saturated carbocycles. The van der Waals surface area contributed by atoms with Crippen LogP contribution in [0.5, 0.6) is 0 Å². The predicted octanol–water partition coefficient (Wildman–Crippen LogP) is 7.12. The smallest absolute Gasteiger partial charge is 0.144 e. The minimum absolute atomic E-state index is 0.101. The lowest BCUT2D eigenvalue weighted by Crippen LogP contribution is -2.47. The molecular weight excluding hydrogens is 444 g/mol. The van der Waals surface area contributed by atoms with Crippen molar-refractivity contribution in [2.45, 2.75) is 76.7 Å². The van der Waals surface area contributed by atoms with Gasteiger partial charge in [-0.15, -0.1) is 0 Å². The molecule has 0 heterocycles. The monoisotopic (exact) mass is 480 g/mol. The summed E-state index contributed by atoms with van der Waals surface area (Å²) in [5.74, 6) is 1.72. The maximum absolute atomic E-state index is 12.1. The van der Waals surface area contributed by atoms with Gasteiger partial charge in [-0.05, 0) is 126 Å². The van der Waals surface area contributed by atoms with Crippen LogP contribution in [0.25, 0.3) is 21.9 Å². The van der Waals surface area contributed by atoms with Crippen molar-refractivity contribution >= 4 is 22.3 Å². The van der Waals surface area contributed by atoms with Crippen molar-refractivity contribution in [3.8, 4) is 11.1 Å². The molecule has 3 nitrogen and oxygen atoms in total. The zero-order valence-electron chi connectivity index (χ0n) is 21.4. The van der Waals surface area contributed by atoms with E-state index in [4.69, 9.17) is 0 Å². The molecule has 3 aliphatic carbocycles. The molecule has 36 heavy (non-hydrogen) atoms. The van der Waals surface area contributed by atoms with Gasteiger partial charge >= 0.3 is 0 Å². The van der Waals surface area contributed by atoms with Crippen molar-refractivity contribution < 1.29 is 14.7 Å². The Morgan fingerprint density at radius 1 is 0.861 bits per heavy atom. The molecule has 1 N–H and O–H groups in total. The summed E-state index contributed by atoms with van der Waals surface area (Å²) in [6, 6.07) is 19.0. The van der Waals surface area contributed by atoms with Crippen LogP contribution < -0.4 is 0 Å². The Morgan fingerprint density at radius 2 is 1.58 bits per heavy atom. The molecule has 0 amide bonds. The average molecular weight is 481 g/mol. The number of Topliss-reactive ketones (excluding diaryl/α,β-unsaturated/α-hetero) is 2. The van der Waals surface area contributed by atoms with Crippen LogP contribution in [0.15, 0.2) is 54.6 Å². The van der Waals surface area contributed by atoms with Gasteiger partial charge in [-0.2, -0.15) is 0 Å². The number of aliphatic hydroxyl groups is 1. The fraction of sp³-hybridized carbons (Fsp3) is 0.455. The molecule has 0 radical (unpaired) electrons. The minimum Gasteiger partial charge on any atom is -0.392 e. The molecule has 3 aromatic carbocycles. The standard InChI is InChI=1S/C33H36O3/c1-20(35)32(21(2)36)28-9-7-24-14-25(5-6-26(24)15-28)27-8-10-29(19-34)31(16-27)33-12-11-23-4-3-22(17-33)13-30(23)18-33/h5-10,14-16,22-23,30,32,34H,3-4,11-13,17-19H2,1-2H3. The SMILES string of the molecule is CC(=O)C(C(C)=O)c1ccc2cc(-c3ccc(CO)c(C45CCC6CCC(CC6C4)C5)c3)ccc2c1. The number of hydrogen-bond acceptors (Lipinski definition) is 3. The average Bonchev–Trinajstić information content (AvgIpc) is 2.86. The van der Waals surface area contributed by atoms with Gasteiger partial charge in [0.15, 0.2) is 0 Å². The Hall–Kier alpha value is -2.78. The summed E-state index contributed by atoms with van der Waals surface area (Å²) in [4.78, 5) is 24.1. The lowest BCUT2D eigenvalue weighted by atomic mass is 9.49. The van der Waals surface area contributed by atoms with Crippen LogP contribution in [-0.2, 0) is 21.6 Å². The van der Waals surface area contributed by atoms with Gasteiger partial charge < -0.3 is 5.11 Å². The largest absolute Gasteiger partial charge is 0.392 e. The highest BCUT2D eigenvalue weighted by molar-refractivity contribution is 6.06. The van der Waals surface area contributed by atoms with Crippen LogP contribution in [0.2, 0.25) is 0 Å². The van der Waals surface area contributed by atoms with Crippen LogP contribution in [0.4, 0.5) is 0 Å². The molecule has 3 fully saturated rings. The Kier molecular flexibility index (Phi) is 5.87. The van der Waals surface area contributed by atoms with Gasteiger partial charge in [-0.1, -0.05) is 48.9 Å². The van der Waals surface area contributed by atoms with Crippen molar-refractivity contribution in [3.63, 3.8) is 0 Å². The lowest BCUT2D eigenvalue weighted by molar-refractivity contribution is -0.126. The second-order valence-corrected chi connectivity index (χ2v) is 11.9. The van der Waals surface area contributed by atoms with Gasteiger partial charge in [-0.25, -0.2) is 0 Å². The van der Waals surface area contributed by atoms with E-state index in [1.54, 1.807) is 0 Å². The number of benzene rings is 3. The molecule has 4 unspecified atom stereocenters. The van der Waals surface area contributed by atoms with E-state index in [-0.39, 0.29) is 23.6 Å². The van der Waals surface area contributed by atoms with Crippen molar-refractivity contribution in [2.75, 3.05) is 0 Å². The van der Waals surface area contributed by atoms with Gasteiger partial charge in [0.2, 0.25) is 0 Å². The first-order valence-electron chi connectivity index (χ1n) is 13.7. The number of fused-ring (bicyclic) bond motifs is 3. The third-order valence-corrected chi connectivity index (χ3v) is 9.77. The predicted molar refractivity (Wildman–Crippen MR) is 144 cm³/mol. The second kappa shape index (κ2) is 8.95. The molecule has 0 aromatic heterocycles. The van der Waals surface area contributed by atoms with Crippen molar-refractivity contribution in [1.82, 2.24) is 0 Å². The first-order valence-corrected chi connectivity index (χ1v) is 13.7. The van der Waals surface area contributed by atoms with E-state index >= 15 is 0 Å². The van der Waals surface area contributed by atoms with Crippen LogP contribution in [0.1, 0.15) is 81.4 Å². The molecule has 3 aliphatic rings. The number of ketones is 2. The molecule has 0 saturated heterocycles. The topological polar surface area (TPSA) is 54.4 Å². The van der Waals surface area contributed by atoms with Crippen LogP contribution in [-0.4, -0.2) is 16.7 Å². The highest BCUT2D eigenvalue weighted by atomic mass is 16.3. The summed E-state index contributed by atoms with van der Waals surface area (Å²) in [6.07, 6.45) is 9.40. The molecule has 3 heteroatoms. The van der Waals surface area contributed by atoms with Gasteiger partial charge in [0.05, 0.1) is 6.61 Å². The summed E-state index contributed by atoms with van der Waals surface area (Å²) in [5, 5.41) is 12.4. The van der Waals surface area contributed by atoms with Crippen molar-refractivity contribution in [2.24, 2.45) is 17.8 Å². The third kappa shape index (κ3) is 3.93. The zero-order valence-corrected chi connectivity index (χ0v) is 21.4. The fourth-order valence-corrected chi connectivity index (χ4v) is 8.16. The number of carbonyl (C=O) groups is 2. The van der Waals surface area contributed by atoms with E-state index in [9.17, 15) is 14.7 Å². The summed E-state index contributed by atoms with van der Waals surface area (Å²) in [5.41, 5.74) is 5.84. The molecular formula is C33H36O3. The summed E-state index contributed by atoms with van der Waals surface area (Å²) in [7, 11) is 0. The molecule has 186 valence electrons. The number of aliphatic hydroxyl groups excluding tert-OH is 1. The van der Waals surface area contributed by atoms with E-state index in [0.29, 0.717) is 0 Å². The van der Waals surface area contributed by atoms with Crippen molar-refractivity contribution in [1.29, 1.82) is 0 Å². The molecule has 3 bridgehead atoms. The lowest BCUT2D eigenvalue weighted by Gasteiger charge is -2.55. The third-order valence-electron chi connectivity index (χ3n) is 9.77. The summed E-state index contributed by atoms with van der Waals surface area (Å²) in [6.45, 7) is 3.07. The van der Waals surface area contributed by atoms with E-state index in [2.05, 4.69) is 36.4 Å². The van der Waals surface area contributed by atoms with Gasteiger partial charge in [0.1, 0.15) is 17.5 Å². The Labute approximate surface area is 213 Å². The fourth-order valence-electron chi connectivity index (χ4n) is 8.16. The molecule has 0 spiro atoms. The highest BCUT2D eigenvalue weighted by Gasteiger charge is 2.50. The normalized spacial score (nSPS) is 26.9. The maximum atomic E-state index is 12.1. The molecule has 4 atom stereocenters. The van der Waals surface area contributed by atoms with E-state index in [1.807, 2.05) is 18.2 Å². The number of carbonyl (C=O) groups excluding carboxylic acids is 2. The van der Waals surface area contributed by atoms with Crippen molar-refractivity contribution in [3.05, 3.63) is 71.3 Å². The van der Waals surface area contributed by atoms with Crippen LogP contribution in [0, 0.1) is 17.8 Å². The van der Waals surface area contributed by atoms with E-state index < -0.39 is 5.92 Å². The summed E-state index contributed by atoms with van der Waals surface area (Å²) >= 11 is 0. The second-order valence-electron chi connectivity index (χ2n) is 11.9. The first kappa shape index (κ1) is 23.6. The summed E-state index contributed by atoms with van der Waals surface area (Å²) < 4.78 is 0. The zero-order chi connectivity index (χ0) is 25.0. The molecule has 6 rings (SSSR count). The van der Waals surface area contributed by atoms with E-state index in [1.165, 1.54) is 69.9 Å². The quantitative estimate of drug-likeness (QED) is 0.382. The van der Waals surface area contributed by atoms with Crippen LogP contribution in [0.3, 0.4) is 0 Å². The number of hydrogen-bond donors (Lipinski definition) is 1. The van der Waals surface area contributed by atoms with Gasteiger partial charge in [-0.3, -0.25) is 9.59 Å². The van der Waals surface area contributed by atoms with Gasteiger partial charge in [0.25, 0.3) is 0 Å². The Bertz CT molecular complexity index is 1340. The van der Waals surface area contributed by atoms with E-state index in [0.717, 1.165) is 45.2 Å². The van der Waals surface area contributed by atoms with Crippen LogP contribution >= 0.6 is 0 Å². The molecule has 0 aliphatic heterocycles. The molecule has 3 aromatic rings. The minimum atomic E-state index is -0.688.